The van der Waals surface area contributed by atoms with Crippen molar-refractivity contribution in [3.05, 3.63) is 22.4 Å². The molecule has 0 aromatic carbocycles. The topological polar surface area (TPSA) is 64.6 Å². The van der Waals surface area contributed by atoms with Gasteiger partial charge in [0, 0.05) is 23.0 Å². The third-order valence-corrected chi connectivity index (χ3v) is 6.44. The quantitative estimate of drug-likeness (QED) is 0.790. The Morgan fingerprint density at radius 3 is 2.74 bits per heavy atom. The number of carbonyl (C=O) groups is 1. The summed E-state index contributed by atoms with van der Waals surface area (Å²) in [6.07, 6.45) is 5.84. The third-order valence-electron chi connectivity index (χ3n) is 5.32. The molecule has 0 saturated carbocycles. The normalized spacial score (nSPS) is 30.5. The van der Waals surface area contributed by atoms with Crippen LogP contribution in [0.2, 0.25) is 0 Å². The zero-order chi connectivity index (χ0) is 16.4. The van der Waals surface area contributed by atoms with Crippen LogP contribution in [-0.4, -0.2) is 47.8 Å². The van der Waals surface area contributed by atoms with E-state index in [1.807, 2.05) is 17.5 Å². The van der Waals surface area contributed by atoms with E-state index < -0.39 is 5.60 Å². The maximum Gasteiger partial charge on any atom is 0.315 e. The Labute approximate surface area is 142 Å². The van der Waals surface area contributed by atoms with Gasteiger partial charge in [-0.15, -0.1) is 11.3 Å². The van der Waals surface area contributed by atoms with Crippen molar-refractivity contribution in [1.29, 1.82) is 0 Å². The van der Waals surface area contributed by atoms with E-state index >= 15 is 0 Å². The number of hydrogen-bond acceptors (Lipinski definition) is 4. The second kappa shape index (κ2) is 6.79. The fourth-order valence-corrected chi connectivity index (χ4v) is 4.68. The molecule has 2 bridgehead atoms. The number of carbonyl (C=O) groups excluding carboxylic acids is 1. The van der Waals surface area contributed by atoms with Gasteiger partial charge < -0.3 is 20.6 Å². The zero-order valence-corrected chi connectivity index (χ0v) is 14.7. The second-order valence-electron chi connectivity index (χ2n) is 7.15. The van der Waals surface area contributed by atoms with E-state index in [4.69, 9.17) is 0 Å². The summed E-state index contributed by atoms with van der Waals surface area (Å²) < 4.78 is 0. The largest absolute Gasteiger partial charge is 0.383 e. The first kappa shape index (κ1) is 16.7. The molecule has 2 aliphatic rings. The molecule has 128 valence electrons. The maximum absolute atomic E-state index is 12.2. The summed E-state index contributed by atoms with van der Waals surface area (Å²) in [7, 11) is 2.21. The molecular weight excluding hydrogens is 310 g/mol. The van der Waals surface area contributed by atoms with E-state index in [0.29, 0.717) is 12.1 Å². The first-order chi connectivity index (χ1) is 11.0. The lowest BCUT2D eigenvalue weighted by Gasteiger charge is -2.47. The van der Waals surface area contributed by atoms with Gasteiger partial charge in [0.05, 0.1) is 6.54 Å². The number of fused-ring (bicyclic) bond motifs is 2. The molecule has 3 heterocycles. The Kier molecular flexibility index (Phi) is 4.94. The zero-order valence-electron chi connectivity index (χ0n) is 13.9. The number of amides is 2. The van der Waals surface area contributed by atoms with Crippen LogP contribution in [0, 0.1) is 0 Å². The van der Waals surface area contributed by atoms with Crippen molar-refractivity contribution in [3.8, 4) is 0 Å². The first-order valence-corrected chi connectivity index (χ1v) is 9.36. The van der Waals surface area contributed by atoms with Gasteiger partial charge in [-0.1, -0.05) is 12.5 Å². The molecule has 0 aliphatic carbocycles. The smallest absolute Gasteiger partial charge is 0.315 e. The van der Waals surface area contributed by atoms with E-state index in [1.165, 1.54) is 30.6 Å². The van der Waals surface area contributed by atoms with Crippen LogP contribution < -0.4 is 10.6 Å². The average Bonchev–Trinajstić information content (AvgIpc) is 3.01. The Hall–Kier alpha value is -1.11. The van der Waals surface area contributed by atoms with Crippen molar-refractivity contribution in [2.24, 2.45) is 0 Å². The lowest BCUT2D eigenvalue weighted by atomic mass is 9.82. The highest BCUT2D eigenvalue weighted by Crippen LogP contribution is 2.32. The van der Waals surface area contributed by atoms with Crippen LogP contribution in [0.3, 0.4) is 0 Å². The van der Waals surface area contributed by atoms with E-state index in [-0.39, 0.29) is 18.6 Å². The molecule has 2 aliphatic heterocycles. The number of thiophene rings is 1. The molecule has 1 aromatic rings. The fourth-order valence-electron chi connectivity index (χ4n) is 3.89. The SMILES string of the molecule is CN1C2CCCC1CC(NC(=O)NCC(C)(O)c1cccs1)C2. The highest BCUT2D eigenvalue weighted by Gasteiger charge is 2.36. The Balaban J connectivity index is 1.48. The summed E-state index contributed by atoms with van der Waals surface area (Å²) in [5.41, 5.74) is -1.02. The van der Waals surface area contributed by atoms with Crippen LogP contribution in [-0.2, 0) is 5.60 Å². The minimum atomic E-state index is -1.02. The van der Waals surface area contributed by atoms with Crippen LogP contribution in [0.25, 0.3) is 0 Å². The van der Waals surface area contributed by atoms with Gasteiger partial charge in [-0.2, -0.15) is 0 Å². The molecular formula is C17H27N3O2S. The average molecular weight is 337 g/mol. The number of nitrogens with zero attached hydrogens (tertiary/aromatic N) is 1. The van der Waals surface area contributed by atoms with Crippen molar-refractivity contribution in [2.75, 3.05) is 13.6 Å². The molecule has 2 fully saturated rings. The van der Waals surface area contributed by atoms with Crippen molar-refractivity contribution in [1.82, 2.24) is 15.5 Å². The van der Waals surface area contributed by atoms with Crippen LogP contribution >= 0.6 is 11.3 Å². The summed E-state index contributed by atoms with van der Waals surface area (Å²) in [5.74, 6) is 0. The molecule has 6 heteroatoms. The van der Waals surface area contributed by atoms with Gasteiger partial charge in [-0.3, -0.25) is 0 Å². The second-order valence-corrected chi connectivity index (χ2v) is 8.10. The summed E-state index contributed by atoms with van der Waals surface area (Å²) in [4.78, 5) is 15.5. The monoisotopic (exact) mass is 337 g/mol. The van der Waals surface area contributed by atoms with E-state index in [9.17, 15) is 9.90 Å². The first-order valence-electron chi connectivity index (χ1n) is 8.48. The van der Waals surface area contributed by atoms with Crippen molar-refractivity contribution in [3.63, 3.8) is 0 Å². The Bertz CT molecular complexity index is 518. The van der Waals surface area contributed by atoms with E-state index in [2.05, 4.69) is 22.6 Å². The number of rotatable bonds is 4. The van der Waals surface area contributed by atoms with Crippen LogP contribution in [0.1, 0.15) is 43.9 Å². The summed E-state index contributed by atoms with van der Waals surface area (Å²) in [6, 6.07) is 5.07. The number of nitrogens with one attached hydrogen (secondary N) is 2. The van der Waals surface area contributed by atoms with Crippen LogP contribution in [0.5, 0.6) is 0 Å². The van der Waals surface area contributed by atoms with Gasteiger partial charge in [-0.05, 0) is 51.1 Å². The Morgan fingerprint density at radius 1 is 1.43 bits per heavy atom. The van der Waals surface area contributed by atoms with Crippen molar-refractivity contribution in [2.45, 2.75) is 62.8 Å². The Morgan fingerprint density at radius 2 is 2.13 bits per heavy atom. The van der Waals surface area contributed by atoms with Gasteiger partial charge in [-0.25, -0.2) is 4.79 Å². The summed E-state index contributed by atoms with van der Waals surface area (Å²) in [6.45, 7) is 1.96. The minimum Gasteiger partial charge on any atom is -0.383 e. The molecule has 3 atom stereocenters. The highest BCUT2D eigenvalue weighted by molar-refractivity contribution is 7.10. The molecule has 3 unspecified atom stereocenters. The third kappa shape index (κ3) is 3.87. The molecule has 0 radical (unpaired) electrons. The number of hydrogen-bond donors (Lipinski definition) is 3. The molecule has 2 amide bonds. The molecule has 23 heavy (non-hydrogen) atoms. The molecule has 3 rings (SSSR count). The minimum absolute atomic E-state index is 0.172. The maximum atomic E-state index is 12.2. The van der Waals surface area contributed by atoms with Crippen LogP contribution in [0.4, 0.5) is 4.79 Å². The lowest BCUT2D eigenvalue weighted by molar-refractivity contribution is 0.0488. The number of aliphatic hydroxyl groups is 1. The van der Waals surface area contributed by atoms with Gasteiger partial charge in [0.15, 0.2) is 0 Å². The van der Waals surface area contributed by atoms with E-state index in [1.54, 1.807) is 6.92 Å². The number of urea groups is 1. The van der Waals surface area contributed by atoms with Gasteiger partial charge in [0.1, 0.15) is 5.60 Å². The van der Waals surface area contributed by atoms with Crippen molar-refractivity contribution < 1.29 is 9.90 Å². The van der Waals surface area contributed by atoms with Crippen LogP contribution in [0.15, 0.2) is 17.5 Å². The molecule has 3 N–H and O–H groups in total. The van der Waals surface area contributed by atoms with E-state index in [0.717, 1.165) is 17.7 Å². The van der Waals surface area contributed by atoms with Crippen molar-refractivity contribution >= 4 is 17.4 Å². The van der Waals surface area contributed by atoms with Gasteiger partial charge in [0.25, 0.3) is 0 Å². The fraction of sp³-hybridized carbons (Fsp3) is 0.706. The summed E-state index contributed by atoms with van der Waals surface area (Å²) in [5, 5.41) is 18.3. The molecule has 0 spiro atoms. The standard InChI is InChI=1S/C17H27N3O2S/c1-17(22,15-7-4-8-23-15)11-18-16(21)19-12-9-13-5-3-6-14(10-12)20(13)2/h4,7-8,12-14,22H,3,5-6,9-11H2,1-2H3,(H2,18,19,21). The highest BCUT2D eigenvalue weighted by atomic mass is 32.1. The summed E-state index contributed by atoms with van der Waals surface area (Å²) >= 11 is 1.50. The number of piperidine rings is 2. The molecule has 2 saturated heterocycles. The predicted octanol–water partition coefficient (Wildman–Crippen LogP) is 2.27. The predicted molar refractivity (Wildman–Crippen MR) is 92.6 cm³/mol. The van der Waals surface area contributed by atoms with Gasteiger partial charge in [0.2, 0.25) is 0 Å². The molecule has 1 aromatic heterocycles. The molecule has 5 nitrogen and oxygen atoms in total. The lowest BCUT2D eigenvalue weighted by Crippen LogP contribution is -2.56. The van der Waals surface area contributed by atoms with Gasteiger partial charge >= 0.3 is 6.03 Å².